The maximum absolute atomic E-state index is 10.8. The molecule has 5 heteroatoms. The number of ether oxygens (including phenoxy) is 1. The van der Waals surface area contributed by atoms with E-state index in [4.69, 9.17) is 4.74 Å². The van der Waals surface area contributed by atoms with Gasteiger partial charge in [0.1, 0.15) is 17.8 Å². The molecule has 1 aliphatic heterocycles. The summed E-state index contributed by atoms with van der Waals surface area (Å²) in [5, 5.41) is 12.8. The Hall–Kier alpha value is -1.20. The molecule has 1 saturated heterocycles. The van der Waals surface area contributed by atoms with Crippen LogP contribution in [0.4, 0.5) is 0 Å². The molecule has 0 radical (unpaired) electrons. The third kappa shape index (κ3) is 2.56. The van der Waals surface area contributed by atoms with Crippen molar-refractivity contribution >= 4 is 17.7 Å². The van der Waals surface area contributed by atoms with Crippen molar-refractivity contribution in [3.8, 4) is 5.75 Å². The average Bonchev–Trinajstić information content (AvgIpc) is 2.78. The van der Waals surface area contributed by atoms with Crippen LogP contribution in [0.1, 0.15) is 16.5 Å². The Balaban J connectivity index is 2.14. The molecule has 2 atom stereocenters. The van der Waals surface area contributed by atoms with Crippen LogP contribution < -0.4 is 15.2 Å². The summed E-state index contributed by atoms with van der Waals surface area (Å²) in [6.45, 7) is 1.98. The fourth-order valence-electron chi connectivity index (χ4n) is 1.96. The minimum atomic E-state index is -0.981. The lowest BCUT2D eigenvalue weighted by Crippen LogP contribution is -2.90. The fourth-order valence-corrected chi connectivity index (χ4v) is 3.26. The van der Waals surface area contributed by atoms with Gasteiger partial charge in [-0.2, -0.15) is 0 Å². The van der Waals surface area contributed by atoms with E-state index in [1.54, 1.807) is 18.9 Å². The molecule has 2 N–H and O–H groups in total. The predicted octanol–water partition coefficient (Wildman–Crippen LogP) is -0.569. The van der Waals surface area contributed by atoms with Crippen LogP contribution in [0.5, 0.6) is 5.75 Å². The second kappa shape index (κ2) is 4.98. The molecule has 0 amide bonds. The Labute approximate surface area is 104 Å². The summed E-state index contributed by atoms with van der Waals surface area (Å²) < 4.78 is 5.20. The average molecular weight is 253 g/mol. The van der Waals surface area contributed by atoms with E-state index in [9.17, 15) is 9.90 Å². The van der Waals surface area contributed by atoms with Gasteiger partial charge in [0.15, 0.2) is 5.37 Å². The van der Waals surface area contributed by atoms with Gasteiger partial charge in [-0.3, -0.25) is 0 Å². The van der Waals surface area contributed by atoms with Crippen molar-refractivity contribution in [2.75, 3.05) is 12.9 Å². The van der Waals surface area contributed by atoms with Crippen molar-refractivity contribution in [1.29, 1.82) is 0 Å². The minimum absolute atomic E-state index is 0.141. The number of benzene rings is 1. The molecule has 2 rings (SSSR count). The zero-order valence-corrected chi connectivity index (χ0v) is 10.6. The van der Waals surface area contributed by atoms with Crippen LogP contribution >= 0.6 is 11.8 Å². The number of carboxylic acid groups (broad SMARTS) is 1. The summed E-state index contributed by atoms with van der Waals surface area (Å²) in [6, 6.07) is 5.51. The van der Waals surface area contributed by atoms with E-state index in [1.165, 1.54) is 0 Å². The summed E-state index contributed by atoms with van der Waals surface area (Å²) in [5.41, 5.74) is 2.19. The van der Waals surface area contributed by atoms with Gasteiger partial charge in [0, 0.05) is 5.56 Å². The van der Waals surface area contributed by atoms with Crippen molar-refractivity contribution in [3.63, 3.8) is 0 Å². The first-order valence-electron chi connectivity index (χ1n) is 5.44. The number of quaternary nitrogens is 1. The molecule has 1 heterocycles. The second-order valence-corrected chi connectivity index (χ2v) is 5.28. The third-order valence-electron chi connectivity index (χ3n) is 2.91. The van der Waals surface area contributed by atoms with E-state index < -0.39 is 12.0 Å². The van der Waals surface area contributed by atoms with Crippen molar-refractivity contribution in [1.82, 2.24) is 0 Å². The monoisotopic (exact) mass is 253 g/mol. The second-order valence-electron chi connectivity index (χ2n) is 4.10. The summed E-state index contributed by atoms with van der Waals surface area (Å²) in [6.07, 6.45) is 0. The number of hydrogen-bond donors (Lipinski definition) is 1. The highest BCUT2D eigenvalue weighted by Gasteiger charge is 2.30. The highest BCUT2D eigenvalue weighted by atomic mass is 32.2. The maximum atomic E-state index is 10.8. The Morgan fingerprint density at radius 1 is 1.59 bits per heavy atom. The Morgan fingerprint density at radius 2 is 2.35 bits per heavy atom. The first-order chi connectivity index (χ1) is 8.11. The number of thioether (sulfide) groups is 1. The Kier molecular flexibility index (Phi) is 3.59. The largest absolute Gasteiger partial charge is 0.544 e. The summed E-state index contributed by atoms with van der Waals surface area (Å²) in [7, 11) is 1.64. The number of rotatable bonds is 3. The van der Waals surface area contributed by atoms with Crippen LogP contribution in [-0.4, -0.2) is 24.9 Å². The van der Waals surface area contributed by atoms with E-state index in [0.717, 1.165) is 16.9 Å². The number of carbonyl (C=O) groups is 1. The molecule has 92 valence electrons. The third-order valence-corrected chi connectivity index (χ3v) is 4.25. The van der Waals surface area contributed by atoms with Crippen LogP contribution in [0.2, 0.25) is 0 Å². The van der Waals surface area contributed by atoms with Gasteiger partial charge in [0.25, 0.3) is 0 Å². The van der Waals surface area contributed by atoms with Gasteiger partial charge in [-0.25, -0.2) is 0 Å². The Morgan fingerprint density at radius 3 is 2.88 bits per heavy atom. The van der Waals surface area contributed by atoms with E-state index in [-0.39, 0.29) is 5.37 Å². The van der Waals surface area contributed by atoms with Crippen molar-refractivity contribution < 1.29 is 20.0 Å². The number of carboxylic acids is 1. The van der Waals surface area contributed by atoms with Gasteiger partial charge < -0.3 is 20.0 Å². The smallest absolute Gasteiger partial charge is 0.159 e. The van der Waals surface area contributed by atoms with E-state index in [1.807, 2.05) is 30.4 Å². The lowest BCUT2D eigenvalue weighted by atomic mass is 10.1. The number of aryl methyl sites for hydroxylation is 1. The summed E-state index contributed by atoms with van der Waals surface area (Å²) >= 11 is 1.64. The number of hydrogen-bond acceptors (Lipinski definition) is 4. The molecule has 0 saturated carbocycles. The summed E-state index contributed by atoms with van der Waals surface area (Å²) in [4.78, 5) is 10.8. The standard InChI is InChI=1S/C12H15NO3S/c1-7-5-8(3-4-10(7)16-2)11-13-9(6-17-11)12(14)15/h3-5,9,11,13H,6H2,1-2H3,(H,14,15)/t9-,11+/m0/s1. The molecule has 1 aromatic carbocycles. The van der Waals surface area contributed by atoms with Crippen LogP contribution in [0.25, 0.3) is 0 Å². The molecular weight excluding hydrogens is 238 g/mol. The predicted molar refractivity (Wildman–Crippen MR) is 63.7 cm³/mol. The van der Waals surface area contributed by atoms with Crippen molar-refractivity contribution in [2.45, 2.75) is 18.3 Å². The van der Waals surface area contributed by atoms with Crippen LogP contribution in [0.15, 0.2) is 18.2 Å². The van der Waals surface area contributed by atoms with Gasteiger partial charge in [-0.1, -0.05) is 11.8 Å². The quantitative estimate of drug-likeness (QED) is 0.783. The van der Waals surface area contributed by atoms with Crippen LogP contribution in [0, 0.1) is 6.92 Å². The highest BCUT2D eigenvalue weighted by Crippen LogP contribution is 2.29. The number of methoxy groups -OCH3 is 1. The highest BCUT2D eigenvalue weighted by molar-refractivity contribution is 7.99. The molecular formula is C12H15NO3S. The van der Waals surface area contributed by atoms with Crippen molar-refractivity contribution in [2.24, 2.45) is 0 Å². The van der Waals surface area contributed by atoms with E-state index in [2.05, 4.69) is 0 Å². The molecule has 0 spiro atoms. The lowest BCUT2D eigenvalue weighted by Gasteiger charge is -2.12. The molecule has 4 nitrogen and oxygen atoms in total. The minimum Gasteiger partial charge on any atom is -0.544 e. The van der Waals surface area contributed by atoms with Gasteiger partial charge in [-0.15, -0.1) is 0 Å². The number of aliphatic carboxylic acids is 1. The SMILES string of the molecule is COc1ccc([C@@H]2[NH2+][C@H](C(=O)[O-])CS2)cc1C. The van der Waals surface area contributed by atoms with E-state index >= 15 is 0 Å². The molecule has 1 aliphatic rings. The van der Waals surface area contributed by atoms with Gasteiger partial charge >= 0.3 is 0 Å². The van der Waals surface area contributed by atoms with Crippen LogP contribution in [0.3, 0.4) is 0 Å². The molecule has 0 unspecified atom stereocenters. The number of carbonyl (C=O) groups excluding carboxylic acids is 1. The Bertz CT molecular complexity index is 436. The van der Waals surface area contributed by atoms with Gasteiger partial charge in [-0.05, 0) is 30.7 Å². The first kappa shape index (κ1) is 12.3. The van der Waals surface area contributed by atoms with Gasteiger partial charge in [0.2, 0.25) is 0 Å². The zero-order valence-electron chi connectivity index (χ0n) is 9.80. The fraction of sp³-hybridized carbons (Fsp3) is 0.417. The summed E-state index contributed by atoms with van der Waals surface area (Å²) in [5.74, 6) is 0.469. The first-order valence-corrected chi connectivity index (χ1v) is 6.48. The topological polar surface area (TPSA) is 66.0 Å². The van der Waals surface area contributed by atoms with E-state index in [0.29, 0.717) is 5.75 Å². The normalized spacial score (nSPS) is 23.6. The molecule has 1 fully saturated rings. The molecule has 17 heavy (non-hydrogen) atoms. The lowest BCUT2D eigenvalue weighted by molar-refractivity contribution is -0.690. The maximum Gasteiger partial charge on any atom is 0.159 e. The number of nitrogens with two attached hydrogens (primary N) is 1. The molecule has 0 bridgehead atoms. The molecule has 0 aliphatic carbocycles. The molecule has 1 aromatic rings. The van der Waals surface area contributed by atoms with Crippen LogP contribution in [-0.2, 0) is 4.79 Å². The van der Waals surface area contributed by atoms with Crippen molar-refractivity contribution in [3.05, 3.63) is 29.3 Å². The molecule has 0 aromatic heterocycles. The zero-order chi connectivity index (χ0) is 12.4. The van der Waals surface area contributed by atoms with Gasteiger partial charge in [0.05, 0.1) is 12.9 Å².